The molecule has 0 saturated carbocycles. The van der Waals surface area contributed by atoms with E-state index in [1.54, 1.807) is 6.07 Å². The van der Waals surface area contributed by atoms with Crippen LogP contribution in [-0.4, -0.2) is 29.8 Å². The number of piperidine rings is 1. The van der Waals surface area contributed by atoms with E-state index in [9.17, 15) is 4.79 Å². The molecule has 128 valence electrons. The van der Waals surface area contributed by atoms with Gasteiger partial charge in [-0.3, -0.25) is 4.79 Å². The number of carbonyl (C=O) groups excluding carboxylic acids is 1. The molecule has 1 saturated heterocycles. The van der Waals surface area contributed by atoms with E-state index >= 15 is 0 Å². The lowest BCUT2D eigenvalue weighted by Crippen LogP contribution is -2.49. The Morgan fingerprint density at radius 3 is 2.61 bits per heavy atom. The predicted octanol–water partition coefficient (Wildman–Crippen LogP) is 5.35. The molecule has 0 radical (unpaired) electrons. The normalized spacial score (nSPS) is 22.1. The van der Waals surface area contributed by atoms with Gasteiger partial charge in [0, 0.05) is 24.4 Å². The first-order chi connectivity index (χ1) is 10.5. The van der Waals surface area contributed by atoms with Gasteiger partial charge in [-0.25, -0.2) is 0 Å². The topological polar surface area (TPSA) is 20.3 Å². The van der Waals surface area contributed by atoms with E-state index < -0.39 is 0 Å². The minimum Gasteiger partial charge on any atom is -0.301 e. The van der Waals surface area contributed by atoms with Crippen LogP contribution in [0.2, 0.25) is 10.0 Å². The maximum absolute atomic E-state index is 12.8. The van der Waals surface area contributed by atoms with Crippen molar-refractivity contribution in [2.45, 2.75) is 57.9 Å². The Morgan fingerprint density at radius 2 is 2.00 bits per heavy atom. The van der Waals surface area contributed by atoms with Crippen molar-refractivity contribution in [1.29, 1.82) is 0 Å². The fourth-order valence-corrected chi connectivity index (χ4v) is 3.91. The number of halogens is 2. The quantitative estimate of drug-likeness (QED) is 0.725. The molecule has 1 aliphatic rings. The first-order valence-corrected chi connectivity index (χ1v) is 8.98. The third-order valence-corrected chi connectivity index (χ3v) is 6.20. The van der Waals surface area contributed by atoms with Crippen LogP contribution in [0.3, 0.4) is 0 Å². The average molecular weight is 356 g/mol. The van der Waals surface area contributed by atoms with Crippen LogP contribution in [0.4, 0.5) is 0 Å². The van der Waals surface area contributed by atoms with Crippen LogP contribution < -0.4 is 0 Å². The lowest BCUT2D eigenvalue weighted by Gasteiger charge is -2.43. The molecule has 1 aliphatic heterocycles. The van der Waals surface area contributed by atoms with E-state index in [-0.39, 0.29) is 16.9 Å². The zero-order valence-electron chi connectivity index (χ0n) is 14.7. The van der Waals surface area contributed by atoms with Crippen molar-refractivity contribution < 1.29 is 4.79 Å². The van der Waals surface area contributed by atoms with Crippen molar-refractivity contribution in [1.82, 2.24) is 4.90 Å². The number of likely N-dealkylation sites (tertiary alicyclic amines) is 1. The molecule has 0 spiro atoms. The largest absolute Gasteiger partial charge is 0.301 e. The maximum atomic E-state index is 12.8. The van der Waals surface area contributed by atoms with Crippen molar-refractivity contribution in [3.63, 3.8) is 0 Å². The van der Waals surface area contributed by atoms with E-state index in [4.69, 9.17) is 23.2 Å². The highest BCUT2D eigenvalue weighted by molar-refractivity contribution is 6.42. The molecule has 23 heavy (non-hydrogen) atoms. The van der Waals surface area contributed by atoms with Crippen molar-refractivity contribution in [2.24, 2.45) is 5.92 Å². The second-order valence-electron chi connectivity index (χ2n) is 8.06. The summed E-state index contributed by atoms with van der Waals surface area (Å²) in [5.74, 6) is 0.443. The Morgan fingerprint density at radius 1 is 1.35 bits per heavy atom. The minimum absolute atomic E-state index is 0.116. The first kappa shape index (κ1) is 18.8. The molecule has 0 bridgehead atoms. The van der Waals surface area contributed by atoms with Gasteiger partial charge in [-0.05, 0) is 50.8 Å². The number of nitrogens with zero attached hydrogens (tertiary/aromatic N) is 1. The van der Waals surface area contributed by atoms with Gasteiger partial charge in [0.2, 0.25) is 0 Å². The lowest BCUT2D eigenvalue weighted by atomic mass is 9.75. The number of rotatable bonds is 4. The Balaban J connectivity index is 2.11. The van der Waals surface area contributed by atoms with Gasteiger partial charge in [-0.2, -0.15) is 0 Å². The van der Waals surface area contributed by atoms with Crippen LogP contribution >= 0.6 is 23.2 Å². The molecule has 1 aromatic carbocycles. The van der Waals surface area contributed by atoms with Crippen LogP contribution in [-0.2, 0) is 10.2 Å². The zero-order valence-corrected chi connectivity index (χ0v) is 16.3. The summed E-state index contributed by atoms with van der Waals surface area (Å²) >= 11 is 12.5. The lowest BCUT2D eigenvalue weighted by molar-refractivity contribution is -0.126. The van der Waals surface area contributed by atoms with E-state index in [1.807, 2.05) is 12.1 Å². The Hall–Kier alpha value is -0.570. The molecular formula is C19H27Cl2NO. The van der Waals surface area contributed by atoms with E-state index in [1.165, 1.54) is 0 Å². The van der Waals surface area contributed by atoms with Gasteiger partial charge >= 0.3 is 0 Å². The Labute approximate surface area is 150 Å². The smallest absolute Gasteiger partial charge is 0.138 e. The third-order valence-electron chi connectivity index (χ3n) is 5.38. The number of hydrogen-bond donors (Lipinski definition) is 0. The van der Waals surface area contributed by atoms with Crippen LogP contribution in [0.25, 0.3) is 0 Å². The Kier molecular flexibility index (Phi) is 5.50. The SMILES string of the molecule is CN1CC(C(=O)CC(C)(C)c2cccc(Cl)c2Cl)CCC1(C)C. The standard InChI is InChI=1S/C19H27Cl2NO/c1-18(2,14-7-6-8-15(20)17(14)21)11-16(23)13-9-10-19(3,4)22(5)12-13/h6-8,13H,9-12H2,1-5H3. The van der Waals surface area contributed by atoms with Crippen molar-refractivity contribution >= 4 is 29.0 Å². The van der Waals surface area contributed by atoms with Crippen molar-refractivity contribution in [3.8, 4) is 0 Å². The second kappa shape index (κ2) is 6.74. The summed E-state index contributed by atoms with van der Waals surface area (Å²) in [6.45, 7) is 9.45. The summed E-state index contributed by atoms with van der Waals surface area (Å²) in [6, 6.07) is 5.65. The molecule has 0 amide bonds. The second-order valence-corrected chi connectivity index (χ2v) is 8.84. The minimum atomic E-state index is -0.315. The molecule has 0 aliphatic carbocycles. The van der Waals surface area contributed by atoms with E-state index in [0.717, 1.165) is 24.9 Å². The third kappa shape index (κ3) is 4.10. The van der Waals surface area contributed by atoms with Crippen LogP contribution in [0.15, 0.2) is 18.2 Å². The van der Waals surface area contributed by atoms with Crippen molar-refractivity contribution in [2.75, 3.05) is 13.6 Å². The van der Waals surface area contributed by atoms with Gasteiger partial charge in [0.05, 0.1) is 10.0 Å². The fourth-order valence-electron chi connectivity index (χ4n) is 3.35. The van der Waals surface area contributed by atoms with Gasteiger partial charge < -0.3 is 4.90 Å². The average Bonchev–Trinajstić information content (AvgIpc) is 2.44. The number of carbonyl (C=O) groups is 1. The van der Waals surface area contributed by atoms with Crippen LogP contribution in [0, 0.1) is 5.92 Å². The fraction of sp³-hybridized carbons (Fsp3) is 0.632. The highest BCUT2D eigenvalue weighted by Gasteiger charge is 2.37. The molecule has 1 aromatic rings. The molecule has 2 rings (SSSR count). The van der Waals surface area contributed by atoms with E-state index in [0.29, 0.717) is 22.2 Å². The molecule has 1 atom stereocenters. The molecule has 0 aromatic heterocycles. The van der Waals surface area contributed by atoms with Gasteiger partial charge in [0.25, 0.3) is 0 Å². The number of ketones is 1. The van der Waals surface area contributed by atoms with Gasteiger partial charge in [0.1, 0.15) is 5.78 Å². The molecule has 0 N–H and O–H groups in total. The summed E-state index contributed by atoms with van der Waals surface area (Å²) in [5, 5.41) is 1.11. The molecular weight excluding hydrogens is 329 g/mol. The molecule has 1 unspecified atom stereocenters. The van der Waals surface area contributed by atoms with Gasteiger partial charge in [0.15, 0.2) is 0 Å². The van der Waals surface area contributed by atoms with E-state index in [2.05, 4.69) is 39.6 Å². The maximum Gasteiger partial charge on any atom is 0.138 e. The van der Waals surface area contributed by atoms with Gasteiger partial charge in [-0.1, -0.05) is 49.2 Å². The monoisotopic (exact) mass is 355 g/mol. The molecule has 4 heteroatoms. The number of Topliss-reactive ketones (excluding diaryl/α,β-unsaturated/α-hetero) is 1. The number of hydrogen-bond acceptors (Lipinski definition) is 2. The summed E-state index contributed by atoms with van der Waals surface area (Å²) in [5.41, 5.74) is 0.817. The molecule has 2 nitrogen and oxygen atoms in total. The highest BCUT2D eigenvalue weighted by Crippen LogP contribution is 2.38. The Bertz CT molecular complexity index is 595. The number of benzene rings is 1. The highest BCUT2D eigenvalue weighted by atomic mass is 35.5. The molecule has 1 heterocycles. The summed E-state index contributed by atoms with van der Waals surface area (Å²) in [6.07, 6.45) is 2.51. The zero-order chi connectivity index (χ0) is 17.4. The summed E-state index contributed by atoms with van der Waals surface area (Å²) in [4.78, 5) is 15.1. The van der Waals surface area contributed by atoms with Crippen LogP contribution in [0.5, 0.6) is 0 Å². The first-order valence-electron chi connectivity index (χ1n) is 8.23. The van der Waals surface area contributed by atoms with Gasteiger partial charge in [-0.15, -0.1) is 0 Å². The predicted molar refractivity (Wildman–Crippen MR) is 98.5 cm³/mol. The summed E-state index contributed by atoms with van der Waals surface area (Å²) in [7, 11) is 2.11. The molecule has 1 fully saturated rings. The van der Waals surface area contributed by atoms with Crippen molar-refractivity contribution in [3.05, 3.63) is 33.8 Å². The summed E-state index contributed by atoms with van der Waals surface area (Å²) < 4.78 is 0. The van der Waals surface area contributed by atoms with Crippen LogP contribution in [0.1, 0.15) is 52.5 Å².